The van der Waals surface area contributed by atoms with Crippen LogP contribution in [0.3, 0.4) is 0 Å². The quantitative estimate of drug-likeness (QED) is 0.516. The van der Waals surface area contributed by atoms with E-state index >= 15 is 0 Å². The standard InChI is InChI=1S/C8H18O.C4H8/c1-7(2,3)9-8(4,5)6;1-4(2)3/h1-6H3;1H2,2-3H3. The first-order valence-electron chi connectivity index (χ1n) is 4.76. The Morgan fingerprint density at radius 2 is 1.00 bits per heavy atom. The van der Waals surface area contributed by atoms with E-state index in [2.05, 4.69) is 48.1 Å². The van der Waals surface area contributed by atoms with Crippen LogP contribution >= 0.6 is 0 Å². The molecule has 0 aromatic rings. The van der Waals surface area contributed by atoms with Crippen LogP contribution < -0.4 is 0 Å². The Morgan fingerprint density at radius 3 is 1.00 bits per heavy atom. The van der Waals surface area contributed by atoms with E-state index in [1.54, 1.807) is 0 Å². The zero-order chi connectivity index (χ0) is 11.3. The summed E-state index contributed by atoms with van der Waals surface area (Å²) in [7, 11) is 0. The molecule has 80 valence electrons. The van der Waals surface area contributed by atoms with Gasteiger partial charge in [-0.15, -0.1) is 6.58 Å². The highest BCUT2D eigenvalue weighted by Gasteiger charge is 2.19. The predicted octanol–water partition coefficient (Wildman–Crippen LogP) is 4.18. The van der Waals surface area contributed by atoms with Crippen LogP contribution in [0.25, 0.3) is 0 Å². The third-order valence-electron chi connectivity index (χ3n) is 0.612. The molecule has 0 atom stereocenters. The van der Waals surface area contributed by atoms with E-state index in [4.69, 9.17) is 4.74 Å². The van der Waals surface area contributed by atoms with Crippen LogP contribution in [0.1, 0.15) is 55.4 Å². The van der Waals surface area contributed by atoms with Crippen LogP contribution in [-0.2, 0) is 4.74 Å². The summed E-state index contributed by atoms with van der Waals surface area (Å²) in [4.78, 5) is 0. The Kier molecular flexibility index (Phi) is 6.35. The second-order valence-electron chi connectivity index (χ2n) is 5.53. The first-order valence-corrected chi connectivity index (χ1v) is 4.76. The molecule has 0 spiro atoms. The van der Waals surface area contributed by atoms with E-state index in [1.165, 1.54) is 5.57 Å². The van der Waals surface area contributed by atoms with Crippen molar-refractivity contribution >= 4 is 0 Å². The lowest BCUT2D eigenvalue weighted by Crippen LogP contribution is -2.31. The average Bonchev–Trinajstić information content (AvgIpc) is 1.47. The Balaban J connectivity index is 0. The predicted molar refractivity (Wildman–Crippen MR) is 61.1 cm³/mol. The Bertz CT molecular complexity index is 127. The van der Waals surface area contributed by atoms with E-state index in [1.807, 2.05) is 13.8 Å². The van der Waals surface area contributed by atoms with Gasteiger partial charge in [-0.05, 0) is 55.4 Å². The first-order chi connectivity index (χ1) is 5.44. The third kappa shape index (κ3) is 33.9. The van der Waals surface area contributed by atoms with Gasteiger partial charge in [-0.3, -0.25) is 0 Å². The van der Waals surface area contributed by atoms with Gasteiger partial charge in [-0.1, -0.05) is 5.57 Å². The van der Waals surface area contributed by atoms with Gasteiger partial charge in [0.1, 0.15) is 0 Å². The average molecular weight is 186 g/mol. The van der Waals surface area contributed by atoms with Crippen molar-refractivity contribution in [2.24, 2.45) is 0 Å². The molecule has 0 rings (SSSR count). The molecule has 1 heteroatoms. The van der Waals surface area contributed by atoms with Crippen molar-refractivity contribution in [2.45, 2.75) is 66.6 Å². The molecular weight excluding hydrogens is 160 g/mol. The lowest BCUT2D eigenvalue weighted by molar-refractivity contribution is -0.102. The van der Waals surface area contributed by atoms with E-state index < -0.39 is 0 Å². The number of ether oxygens (including phenoxy) is 1. The number of hydrogen-bond acceptors (Lipinski definition) is 1. The number of hydrogen-bond donors (Lipinski definition) is 0. The van der Waals surface area contributed by atoms with Gasteiger partial charge in [0.05, 0.1) is 11.2 Å². The largest absolute Gasteiger partial charge is 0.370 e. The topological polar surface area (TPSA) is 9.23 Å². The zero-order valence-electron chi connectivity index (χ0n) is 10.6. The lowest BCUT2D eigenvalue weighted by Gasteiger charge is -2.30. The van der Waals surface area contributed by atoms with Crippen molar-refractivity contribution in [2.75, 3.05) is 0 Å². The number of allylic oxidation sites excluding steroid dienone is 1. The lowest BCUT2D eigenvalue weighted by atomic mass is 10.1. The SMILES string of the molecule is C=C(C)C.CC(C)(C)OC(C)(C)C. The van der Waals surface area contributed by atoms with Crippen molar-refractivity contribution in [1.82, 2.24) is 0 Å². The summed E-state index contributed by atoms with van der Waals surface area (Å²) in [6.07, 6.45) is 0. The summed E-state index contributed by atoms with van der Waals surface area (Å²) >= 11 is 0. The van der Waals surface area contributed by atoms with Gasteiger partial charge >= 0.3 is 0 Å². The monoisotopic (exact) mass is 186 g/mol. The van der Waals surface area contributed by atoms with Gasteiger partial charge in [-0.2, -0.15) is 0 Å². The summed E-state index contributed by atoms with van der Waals surface area (Å²) in [5, 5.41) is 0. The Morgan fingerprint density at radius 1 is 0.846 bits per heavy atom. The van der Waals surface area contributed by atoms with Gasteiger partial charge in [0.25, 0.3) is 0 Å². The molecule has 0 radical (unpaired) electrons. The van der Waals surface area contributed by atoms with E-state index in [-0.39, 0.29) is 11.2 Å². The van der Waals surface area contributed by atoms with E-state index in [0.717, 1.165) is 0 Å². The minimum absolute atomic E-state index is 0.0156. The van der Waals surface area contributed by atoms with E-state index in [0.29, 0.717) is 0 Å². The van der Waals surface area contributed by atoms with Gasteiger partial charge < -0.3 is 4.74 Å². The molecule has 13 heavy (non-hydrogen) atoms. The summed E-state index contributed by atoms with van der Waals surface area (Å²) in [5.74, 6) is 0. The smallest absolute Gasteiger partial charge is 0.0605 e. The molecule has 0 N–H and O–H groups in total. The second-order valence-corrected chi connectivity index (χ2v) is 5.53. The molecule has 0 saturated heterocycles. The van der Waals surface area contributed by atoms with Crippen molar-refractivity contribution in [1.29, 1.82) is 0 Å². The summed E-state index contributed by atoms with van der Waals surface area (Å²) < 4.78 is 5.62. The van der Waals surface area contributed by atoms with Crippen LogP contribution in [0, 0.1) is 0 Å². The summed E-state index contributed by atoms with van der Waals surface area (Å²) in [5.41, 5.74) is 1.14. The fraction of sp³-hybridized carbons (Fsp3) is 0.833. The molecule has 0 saturated carbocycles. The van der Waals surface area contributed by atoms with Crippen LogP contribution in [-0.4, -0.2) is 11.2 Å². The van der Waals surface area contributed by atoms with Crippen molar-refractivity contribution in [3.63, 3.8) is 0 Å². The fourth-order valence-electron chi connectivity index (χ4n) is 0.919. The zero-order valence-corrected chi connectivity index (χ0v) is 10.6. The van der Waals surface area contributed by atoms with Crippen LogP contribution in [0.4, 0.5) is 0 Å². The van der Waals surface area contributed by atoms with Crippen molar-refractivity contribution < 1.29 is 4.74 Å². The molecule has 0 bridgehead atoms. The number of rotatable bonds is 0. The Hall–Kier alpha value is -0.300. The van der Waals surface area contributed by atoms with Gasteiger partial charge in [0.15, 0.2) is 0 Å². The van der Waals surface area contributed by atoms with Crippen LogP contribution in [0.5, 0.6) is 0 Å². The molecule has 0 amide bonds. The molecule has 0 aliphatic heterocycles. The van der Waals surface area contributed by atoms with Gasteiger partial charge in [0.2, 0.25) is 0 Å². The molecular formula is C12H26O. The highest BCUT2D eigenvalue weighted by atomic mass is 16.5. The molecule has 0 aliphatic rings. The third-order valence-corrected chi connectivity index (χ3v) is 0.612. The van der Waals surface area contributed by atoms with Crippen molar-refractivity contribution in [3.8, 4) is 0 Å². The molecule has 0 heterocycles. The molecule has 0 aromatic carbocycles. The molecule has 0 unspecified atom stereocenters. The highest BCUT2D eigenvalue weighted by molar-refractivity contribution is 4.78. The maximum absolute atomic E-state index is 5.62. The summed E-state index contributed by atoms with van der Waals surface area (Å²) in [6.45, 7) is 19.9. The maximum atomic E-state index is 5.62. The highest BCUT2D eigenvalue weighted by Crippen LogP contribution is 2.17. The first kappa shape index (κ1) is 15.2. The van der Waals surface area contributed by atoms with E-state index in [9.17, 15) is 0 Å². The van der Waals surface area contributed by atoms with Crippen LogP contribution in [0.2, 0.25) is 0 Å². The van der Waals surface area contributed by atoms with Crippen molar-refractivity contribution in [3.05, 3.63) is 12.2 Å². The molecule has 0 fully saturated rings. The summed E-state index contributed by atoms with van der Waals surface area (Å²) in [6, 6.07) is 0. The molecule has 0 aromatic heterocycles. The minimum Gasteiger partial charge on any atom is -0.370 e. The normalized spacial score (nSPS) is 11.7. The van der Waals surface area contributed by atoms with Gasteiger partial charge in [0, 0.05) is 0 Å². The molecule has 0 aliphatic carbocycles. The fourth-order valence-corrected chi connectivity index (χ4v) is 0.919. The minimum atomic E-state index is -0.0156. The van der Waals surface area contributed by atoms with Crippen LogP contribution in [0.15, 0.2) is 12.2 Å². The maximum Gasteiger partial charge on any atom is 0.0605 e. The molecule has 1 nitrogen and oxygen atoms in total. The Labute approximate surface area is 84.2 Å². The second kappa shape index (κ2) is 5.43. The van der Waals surface area contributed by atoms with Gasteiger partial charge in [-0.25, -0.2) is 0 Å².